The van der Waals surface area contributed by atoms with Gasteiger partial charge < -0.3 is 10.1 Å². The first-order chi connectivity index (χ1) is 13.9. The zero-order valence-corrected chi connectivity index (χ0v) is 17.3. The minimum Gasteiger partial charge on any atom is -0.376 e. The molecule has 152 valence electrons. The Hall–Kier alpha value is -2.71. The predicted octanol–water partition coefficient (Wildman–Crippen LogP) is 2.13. The number of fused-ring (bicyclic) bond motifs is 1. The van der Waals surface area contributed by atoms with Crippen LogP contribution in [0.25, 0.3) is 15.9 Å². The summed E-state index contributed by atoms with van der Waals surface area (Å²) in [5.41, 5.74) is 2.04. The van der Waals surface area contributed by atoms with Crippen LogP contribution in [-0.2, 0) is 16.1 Å². The van der Waals surface area contributed by atoms with E-state index in [-0.39, 0.29) is 24.1 Å². The minimum atomic E-state index is -0.516. The molecule has 7 nitrogen and oxygen atoms in total. The first kappa shape index (κ1) is 19.6. The molecule has 1 atom stereocenters. The van der Waals surface area contributed by atoms with Gasteiger partial charge in [-0.15, -0.1) is 11.3 Å². The fourth-order valence-corrected chi connectivity index (χ4v) is 4.60. The van der Waals surface area contributed by atoms with E-state index in [9.17, 15) is 14.4 Å². The summed E-state index contributed by atoms with van der Waals surface area (Å²) in [5.74, 6) is -0.277. The van der Waals surface area contributed by atoms with Gasteiger partial charge in [-0.1, -0.05) is 6.07 Å². The molecule has 1 N–H and O–H groups in total. The highest BCUT2D eigenvalue weighted by atomic mass is 32.1. The maximum absolute atomic E-state index is 13.2. The fourth-order valence-electron chi connectivity index (χ4n) is 3.78. The van der Waals surface area contributed by atoms with Crippen LogP contribution in [0.4, 0.5) is 0 Å². The van der Waals surface area contributed by atoms with Crippen molar-refractivity contribution in [3.8, 4) is 5.69 Å². The molecular weight excluding hydrogens is 390 g/mol. The van der Waals surface area contributed by atoms with Crippen molar-refractivity contribution < 1.29 is 9.53 Å². The number of hydrogen-bond acceptors (Lipinski definition) is 5. The summed E-state index contributed by atoms with van der Waals surface area (Å²) in [6.07, 6.45) is 1.95. The second kappa shape index (κ2) is 7.96. The standard InChI is InChI=1S/C21H23N3O4S/c1-13-8-14(2)10-15(9-13)24-20(26)19-17(5-7-29-19)23(21(24)27)12-18(25)22-11-16-4-3-6-28-16/h5,7-10,16H,3-4,6,11-12H2,1-2H3,(H,22,25)/t16-/m0/s1. The van der Waals surface area contributed by atoms with Gasteiger partial charge in [-0.25, -0.2) is 9.36 Å². The van der Waals surface area contributed by atoms with E-state index in [4.69, 9.17) is 4.74 Å². The molecule has 0 spiro atoms. The second-order valence-corrected chi connectivity index (χ2v) is 8.35. The molecule has 1 amide bonds. The SMILES string of the molecule is Cc1cc(C)cc(-n2c(=O)c3sccc3n(CC(=O)NC[C@@H]3CCCO3)c2=O)c1. The van der Waals surface area contributed by atoms with Crippen LogP contribution in [0.2, 0.25) is 0 Å². The second-order valence-electron chi connectivity index (χ2n) is 7.43. The third-order valence-electron chi connectivity index (χ3n) is 5.07. The van der Waals surface area contributed by atoms with Crippen molar-refractivity contribution in [3.05, 3.63) is 61.6 Å². The molecule has 0 radical (unpaired) electrons. The van der Waals surface area contributed by atoms with Crippen molar-refractivity contribution >= 4 is 27.5 Å². The maximum atomic E-state index is 13.2. The zero-order valence-electron chi connectivity index (χ0n) is 16.4. The van der Waals surface area contributed by atoms with Gasteiger partial charge in [0.15, 0.2) is 0 Å². The van der Waals surface area contributed by atoms with Crippen LogP contribution in [0, 0.1) is 13.8 Å². The van der Waals surface area contributed by atoms with Crippen molar-refractivity contribution in [3.63, 3.8) is 0 Å². The van der Waals surface area contributed by atoms with Crippen LogP contribution in [0.5, 0.6) is 0 Å². The van der Waals surface area contributed by atoms with Crippen molar-refractivity contribution in [1.29, 1.82) is 0 Å². The molecule has 0 unspecified atom stereocenters. The van der Waals surface area contributed by atoms with Gasteiger partial charge in [0.1, 0.15) is 11.2 Å². The number of amides is 1. The van der Waals surface area contributed by atoms with Crippen LogP contribution >= 0.6 is 11.3 Å². The molecule has 2 aromatic heterocycles. The minimum absolute atomic E-state index is 0.0288. The summed E-state index contributed by atoms with van der Waals surface area (Å²) < 4.78 is 8.51. The van der Waals surface area contributed by atoms with Crippen molar-refractivity contribution in [2.75, 3.05) is 13.2 Å². The predicted molar refractivity (Wildman–Crippen MR) is 113 cm³/mol. The van der Waals surface area contributed by atoms with Crippen molar-refractivity contribution in [2.45, 2.75) is 39.3 Å². The highest BCUT2D eigenvalue weighted by Crippen LogP contribution is 2.17. The number of hydrogen-bond donors (Lipinski definition) is 1. The lowest BCUT2D eigenvalue weighted by atomic mass is 10.1. The molecule has 1 aliphatic rings. The number of nitrogens with one attached hydrogen (secondary N) is 1. The smallest absolute Gasteiger partial charge is 0.336 e. The topological polar surface area (TPSA) is 82.3 Å². The van der Waals surface area contributed by atoms with E-state index in [1.54, 1.807) is 23.6 Å². The lowest BCUT2D eigenvalue weighted by Crippen LogP contribution is -2.42. The Labute approximate surface area is 171 Å². The number of carbonyl (C=O) groups is 1. The van der Waals surface area contributed by atoms with Crippen molar-refractivity contribution in [2.24, 2.45) is 0 Å². The van der Waals surface area contributed by atoms with Gasteiger partial charge in [0.25, 0.3) is 5.56 Å². The first-order valence-corrected chi connectivity index (χ1v) is 10.5. The summed E-state index contributed by atoms with van der Waals surface area (Å²) in [4.78, 5) is 38.8. The quantitative estimate of drug-likeness (QED) is 0.695. The number of aromatic nitrogens is 2. The average Bonchev–Trinajstić information content (AvgIpc) is 3.34. The largest absolute Gasteiger partial charge is 0.376 e. The monoisotopic (exact) mass is 413 g/mol. The van der Waals surface area contributed by atoms with E-state index in [2.05, 4.69) is 5.32 Å². The summed E-state index contributed by atoms with van der Waals surface area (Å²) in [6.45, 7) is 4.84. The van der Waals surface area contributed by atoms with Crippen LogP contribution in [0.3, 0.4) is 0 Å². The Bertz CT molecular complexity index is 1160. The van der Waals surface area contributed by atoms with Gasteiger partial charge in [-0.2, -0.15) is 0 Å². The lowest BCUT2D eigenvalue weighted by Gasteiger charge is -2.14. The van der Waals surface area contributed by atoms with Gasteiger partial charge in [0.2, 0.25) is 5.91 Å². The van der Waals surface area contributed by atoms with E-state index in [1.807, 2.05) is 19.9 Å². The average molecular weight is 413 g/mol. The molecule has 1 aliphatic heterocycles. The van der Waals surface area contributed by atoms with E-state index >= 15 is 0 Å². The summed E-state index contributed by atoms with van der Waals surface area (Å²) in [5, 5.41) is 4.60. The molecule has 0 aliphatic carbocycles. The Morgan fingerprint density at radius 1 is 1.24 bits per heavy atom. The van der Waals surface area contributed by atoms with Crippen molar-refractivity contribution in [1.82, 2.24) is 14.5 Å². The molecule has 29 heavy (non-hydrogen) atoms. The molecule has 8 heteroatoms. The van der Waals surface area contributed by atoms with Gasteiger partial charge in [0, 0.05) is 13.2 Å². The Balaban J connectivity index is 1.74. The van der Waals surface area contributed by atoms with Gasteiger partial charge in [-0.05, 0) is 61.4 Å². The highest BCUT2D eigenvalue weighted by molar-refractivity contribution is 7.17. The Morgan fingerprint density at radius 3 is 2.69 bits per heavy atom. The first-order valence-electron chi connectivity index (χ1n) is 9.64. The third kappa shape index (κ3) is 3.90. The van der Waals surface area contributed by atoms with Crippen LogP contribution in [0.1, 0.15) is 24.0 Å². The Morgan fingerprint density at radius 2 is 2.00 bits per heavy atom. The number of rotatable bonds is 5. The number of thiophene rings is 1. The molecular formula is C21H23N3O4S. The van der Waals surface area contributed by atoms with Gasteiger partial charge in [-0.3, -0.25) is 14.2 Å². The number of carbonyl (C=O) groups excluding carboxylic acids is 1. The van der Waals surface area contributed by atoms with Crippen LogP contribution in [0.15, 0.2) is 39.2 Å². The highest BCUT2D eigenvalue weighted by Gasteiger charge is 2.19. The van der Waals surface area contributed by atoms with E-state index in [0.29, 0.717) is 22.4 Å². The third-order valence-corrected chi connectivity index (χ3v) is 5.96. The molecule has 1 aromatic carbocycles. The maximum Gasteiger partial charge on any atom is 0.336 e. The molecule has 4 rings (SSSR count). The molecule has 1 saturated heterocycles. The molecule has 3 aromatic rings. The zero-order chi connectivity index (χ0) is 20.5. The number of nitrogens with zero attached hydrogens (tertiary/aromatic N) is 2. The van der Waals surface area contributed by atoms with Gasteiger partial charge in [0.05, 0.1) is 17.3 Å². The normalized spacial score (nSPS) is 16.4. The lowest BCUT2D eigenvalue weighted by molar-refractivity contribution is -0.122. The van der Waals surface area contributed by atoms with Crippen LogP contribution < -0.4 is 16.6 Å². The summed E-state index contributed by atoms with van der Waals surface area (Å²) in [7, 11) is 0. The fraction of sp³-hybridized carbons (Fsp3) is 0.381. The molecule has 0 saturated carbocycles. The number of ether oxygens (including phenoxy) is 1. The van der Waals surface area contributed by atoms with E-state index in [1.165, 1.54) is 15.9 Å². The Kier molecular flexibility index (Phi) is 5.38. The molecule has 3 heterocycles. The summed E-state index contributed by atoms with van der Waals surface area (Å²) in [6, 6.07) is 7.30. The molecule has 1 fully saturated rings. The van der Waals surface area contributed by atoms with Gasteiger partial charge >= 0.3 is 5.69 Å². The van der Waals surface area contributed by atoms with E-state index < -0.39 is 5.69 Å². The number of benzene rings is 1. The molecule has 0 bridgehead atoms. The number of aryl methyl sites for hydroxylation is 2. The summed E-state index contributed by atoms with van der Waals surface area (Å²) >= 11 is 1.27. The van der Waals surface area contributed by atoms with Crippen LogP contribution in [-0.4, -0.2) is 34.3 Å². The van der Waals surface area contributed by atoms with E-state index in [0.717, 1.165) is 35.1 Å².